The van der Waals surface area contributed by atoms with Crippen LogP contribution in [0.5, 0.6) is 0 Å². The van der Waals surface area contributed by atoms with Crippen molar-refractivity contribution in [1.29, 1.82) is 0 Å². The van der Waals surface area contributed by atoms with Gasteiger partial charge in [-0.25, -0.2) is 0 Å². The molecule has 3 rings (SSSR count). The smallest absolute Gasteiger partial charge is 0.276 e. The first kappa shape index (κ1) is 12.8. The van der Waals surface area contributed by atoms with Crippen LogP contribution in [0.3, 0.4) is 0 Å². The van der Waals surface area contributed by atoms with Crippen molar-refractivity contribution in [2.75, 3.05) is 13.2 Å². The van der Waals surface area contributed by atoms with E-state index in [1.807, 2.05) is 23.6 Å². The van der Waals surface area contributed by atoms with Gasteiger partial charge in [0.1, 0.15) is 5.70 Å². The second-order valence-electron chi connectivity index (χ2n) is 4.55. The van der Waals surface area contributed by atoms with Crippen LogP contribution in [-0.4, -0.2) is 35.2 Å². The van der Waals surface area contributed by atoms with Crippen molar-refractivity contribution >= 4 is 40.7 Å². The van der Waals surface area contributed by atoms with E-state index in [-0.39, 0.29) is 12.0 Å². The van der Waals surface area contributed by atoms with Gasteiger partial charge >= 0.3 is 0 Å². The largest absolute Gasteiger partial charge is 0.376 e. The van der Waals surface area contributed by atoms with E-state index in [0.29, 0.717) is 17.4 Å². The molecule has 1 unspecified atom stereocenters. The number of nitrogens with one attached hydrogen (secondary N) is 1. The molecule has 0 aliphatic carbocycles. The zero-order chi connectivity index (χ0) is 13.2. The molecule has 2 aliphatic heterocycles. The molecule has 100 valence electrons. The van der Waals surface area contributed by atoms with Crippen LogP contribution >= 0.6 is 23.6 Å². The van der Waals surface area contributed by atoms with Gasteiger partial charge in [-0.3, -0.25) is 9.69 Å². The number of rotatable bonds is 3. The lowest BCUT2D eigenvalue weighted by Crippen LogP contribution is -2.37. The number of carbonyl (C=O) groups excluding carboxylic acids is 1. The lowest BCUT2D eigenvalue weighted by Gasteiger charge is -2.18. The molecule has 1 amide bonds. The van der Waals surface area contributed by atoms with E-state index in [9.17, 15) is 4.79 Å². The molecule has 0 spiro atoms. The van der Waals surface area contributed by atoms with Crippen molar-refractivity contribution in [3.8, 4) is 0 Å². The Labute approximate surface area is 121 Å². The molecule has 1 aromatic heterocycles. The summed E-state index contributed by atoms with van der Waals surface area (Å²) in [5.41, 5.74) is 0.547. The summed E-state index contributed by atoms with van der Waals surface area (Å²) in [5.74, 6) is -0.0612. The molecule has 2 aliphatic rings. The molecule has 0 radical (unpaired) electrons. The van der Waals surface area contributed by atoms with Gasteiger partial charge in [0.25, 0.3) is 5.91 Å². The van der Waals surface area contributed by atoms with Crippen LogP contribution in [0.15, 0.2) is 23.2 Å². The van der Waals surface area contributed by atoms with Crippen molar-refractivity contribution in [2.45, 2.75) is 18.9 Å². The maximum absolute atomic E-state index is 12.3. The van der Waals surface area contributed by atoms with Crippen LogP contribution in [0, 0.1) is 0 Å². The van der Waals surface area contributed by atoms with Gasteiger partial charge in [0.2, 0.25) is 0 Å². The fourth-order valence-electron chi connectivity index (χ4n) is 2.25. The lowest BCUT2D eigenvalue weighted by molar-refractivity contribution is -0.123. The Morgan fingerprint density at radius 2 is 2.53 bits per heavy atom. The van der Waals surface area contributed by atoms with E-state index in [4.69, 9.17) is 17.0 Å². The summed E-state index contributed by atoms with van der Waals surface area (Å²) in [5, 5.41) is 5.44. The highest BCUT2D eigenvalue weighted by molar-refractivity contribution is 7.80. The van der Waals surface area contributed by atoms with Crippen molar-refractivity contribution in [1.82, 2.24) is 10.2 Å². The number of hydrogen-bond donors (Lipinski definition) is 1. The van der Waals surface area contributed by atoms with Crippen LogP contribution < -0.4 is 5.32 Å². The molecule has 0 aromatic carbocycles. The first-order valence-corrected chi connectivity index (χ1v) is 7.52. The number of hydrogen-bond acceptors (Lipinski definition) is 4. The number of nitrogens with zero attached hydrogens (tertiary/aromatic N) is 1. The Kier molecular flexibility index (Phi) is 3.63. The first-order valence-electron chi connectivity index (χ1n) is 6.24. The minimum atomic E-state index is -0.0612. The molecule has 0 saturated carbocycles. The number of carbonyl (C=O) groups is 1. The fourth-order valence-corrected chi connectivity index (χ4v) is 3.17. The Morgan fingerprint density at radius 1 is 1.63 bits per heavy atom. The average Bonchev–Trinajstić information content (AvgIpc) is 3.10. The van der Waals surface area contributed by atoms with Gasteiger partial charge in [-0.15, -0.1) is 11.3 Å². The Morgan fingerprint density at radius 3 is 3.21 bits per heavy atom. The number of thiocarbonyl (C=S) groups is 1. The zero-order valence-corrected chi connectivity index (χ0v) is 11.9. The fraction of sp³-hybridized carbons (Fsp3) is 0.385. The van der Waals surface area contributed by atoms with Gasteiger partial charge in [-0.1, -0.05) is 6.07 Å². The summed E-state index contributed by atoms with van der Waals surface area (Å²) < 4.78 is 5.55. The average molecular weight is 294 g/mol. The topological polar surface area (TPSA) is 41.6 Å². The Balaban J connectivity index is 1.73. The number of amides is 1. The molecule has 0 bridgehead atoms. The third-order valence-corrected chi connectivity index (χ3v) is 4.34. The first-order chi connectivity index (χ1) is 9.24. The van der Waals surface area contributed by atoms with E-state index in [1.165, 1.54) is 0 Å². The van der Waals surface area contributed by atoms with Crippen molar-refractivity contribution in [3.05, 3.63) is 28.1 Å². The monoisotopic (exact) mass is 294 g/mol. The van der Waals surface area contributed by atoms with Crippen LogP contribution in [0.25, 0.3) is 6.08 Å². The van der Waals surface area contributed by atoms with Crippen molar-refractivity contribution in [2.24, 2.45) is 0 Å². The molecule has 1 atom stereocenters. The van der Waals surface area contributed by atoms with Gasteiger partial charge in [-0.05, 0) is 42.6 Å². The zero-order valence-electron chi connectivity index (χ0n) is 10.3. The predicted molar refractivity (Wildman–Crippen MR) is 78.7 cm³/mol. The van der Waals surface area contributed by atoms with E-state index in [1.54, 1.807) is 16.2 Å². The minimum Gasteiger partial charge on any atom is -0.376 e. The summed E-state index contributed by atoms with van der Waals surface area (Å²) in [6.45, 7) is 1.33. The summed E-state index contributed by atoms with van der Waals surface area (Å²) in [6, 6.07) is 3.93. The third-order valence-electron chi connectivity index (χ3n) is 3.20. The van der Waals surface area contributed by atoms with E-state index >= 15 is 0 Å². The highest BCUT2D eigenvalue weighted by atomic mass is 32.1. The SMILES string of the molecule is O=C1/C(=C\c2cccs2)NC(=S)N1CC1CCCO1. The van der Waals surface area contributed by atoms with E-state index < -0.39 is 0 Å². The quantitative estimate of drug-likeness (QED) is 0.684. The molecule has 1 aromatic rings. The van der Waals surface area contributed by atoms with Crippen LogP contribution in [0.1, 0.15) is 17.7 Å². The third kappa shape index (κ3) is 2.70. The number of ether oxygens (including phenoxy) is 1. The molecule has 6 heteroatoms. The Hall–Kier alpha value is -1.24. The molecule has 4 nitrogen and oxygen atoms in total. The summed E-state index contributed by atoms with van der Waals surface area (Å²) in [4.78, 5) is 14.9. The van der Waals surface area contributed by atoms with Crippen LogP contribution in [-0.2, 0) is 9.53 Å². The highest BCUT2D eigenvalue weighted by Gasteiger charge is 2.33. The molecule has 1 N–H and O–H groups in total. The maximum atomic E-state index is 12.3. The second-order valence-corrected chi connectivity index (χ2v) is 5.92. The molecule has 19 heavy (non-hydrogen) atoms. The molecular formula is C13H14N2O2S2. The highest BCUT2D eigenvalue weighted by Crippen LogP contribution is 2.20. The van der Waals surface area contributed by atoms with Crippen molar-refractivity contribution < 1.29 is 9.53 Å². The summed E-state index contributed by atoms with van der Waals surface area (Å²) in [6.07, 6.45) is 4.01. The second kappa shape index (κ2) is 5.40. The maximum Gasteiger partial charge on any atom is 0.276 e. The summed E-state index contributed by atoms with van der Waals surface area (Å²) in [7, 11) is 0. The predicted octanol–water partition coefficient (Wildman–Crippen LogP) is 1.98. The minimum absolute atomic E-state index is 0.0612. The van der Waals surface area contributed by atoms with E-state index in [0.717, 1.165) is 24.3 Å². The Bertz CT molecular complexity index is 519. The van der Waals surface area contributed by atoms with Crippen molar-refractivity contribution in [3.63, 3.8) is 0 Å². The summed E-state index contributed by atoms with van der Waals surface area (Å²) >= 11 is 6.82. The van der Waals surface area contributed by atoms with Crippen LogP contribution in [0.4, 0.5) is 0 Å². The van der Waals surface area contributed by atoms with Gasteiger partial charge in [0, 0.05) is 11.5 Å². The molecular weight excluding hydrogens is 280 g/mol. The lowest BCUT2D eigenvalue weighted by atomic mass is 10.2. The van der Waals surface area contributed by atoms with Gasteiger partial charge in [-0.2, -0.15) is 0 Å². The molecule has 2 saturated heterocycles. The van der Waals surface area contributed by atoms with E-state index in [2.05, 4.69) is 5.32 Å². The molecule has 2 fully saturated rings. The standard InChI is InChI=1S/C13H14N2O2S2/c16-12-11(7-10-4-2-6-19-10)14-13(18)15(12)8-9-3-1-5-17-9/h2,4,6-7,9H,1,3,5,8H2,(H,14,18)/b11-7+. The van der Waals surface area contributed by atoms with Gasteiger partial charge < -0.3 is 10.1 Å². The van der Waals surface area contributed by atoms with Gasteiger partial charge in [0.05, 0.1) is 12.6 Å². The normalized spacial score (nSPS) is 25.4. The van der Waals surface area contributed by atoms with Crippen LogP contribution in [0.2, 0.25) is 0 Å². The molecule has 3 heterocycles. The number of thiophene rings is 1. The van der Waals surface area contributed by atoms with Gasteiger partial charge in [0.15, 0.2) is 5.11 Å².